The molecule has 0 aliphatic carbocycles. The Morgan fingerprint density at radius 1 is 1.38 bits per heavy atom. The second-order valence-electron chi connectivity index (χ2n) is 4.38. The van der Waals surface area contributed by atoms with E-state index >= 15 is 0 Å². The Bertz CT molecular complexity index is 743. The highest BCUT2D eigenvalue weighted by Gasteiger charge is 2.38. The molecule has 1 aromatic carbocycles. The predicted molar refractivity (Wildman–Crippen MR) is 82.7 cm³/mol. The average Bonchev–Trinajstić information content (AvgIpc) is 3.03. The van der Waals surface area contributed by atoms with E-state index in [2.05, 4.69) is 45.6 Å². The lowest BCUT2D eigenvalue weighted by molar-refractivity contribution is -0.159. The molecule has 24 heavy (non-hydrogen) atoms. The van der Waals surface area contributed by atoms with Gasteiger partial charge in [0.25, 0.3) is 0 Å². The van der Waals surface area contributed by atoms with Crippen molar-refractivity contribution in [2.75, 3.05) is 7.11 Å². The summed E-state index contributed by atoms with van der Waals surface area (Å²) in [7, 11) is 1.33. The van der Waals surface area contributed by atoms with Gasteiger partial charge in [0.05, 0.1) is 7.11 Å². The van der Waals surface area contributed by atoms with Crippen LogP contribution in [0, 0.1) is 5.41 Å². The van der Waals surface area contributed by atoms with Crippen molar-refractivity contribution in [1.82, 2.24) is 15.5 Å². The molecule has 0 radical (unpaired) electrons. The van der Waals surface area contributed by atoms with Crippen LogP contribution in [-0.4, -0.2) is 28.0 Å². The number of alkyl halides is 3. The third-order valence-corrected chi connectivity index (χ3v) is 3.17. The molecule has 7 nitrogen and oxygen atoms in total. The van der Waals surface area contributed by atoms with Gasteiger partial charge >= 0.3 is 18.1 Å². The number of rotatable bonds is 3. The molecule has 1 aromatic heterocycles. The molecule has 0 saturated carbocycles. The number of hydrogen-bond acceptors (Lipinski definition) is 5. The number of benzene rings is 1. The molecule has 0 atom stereocenters. The maximum atomic E-state index is 12.4. The molecule has 2 N–H and O–H groups in total. The fourth-order valence-electron chi connectivity index (χ4n) is 1.58. The molecule has 11 heteroatoms. The number of hydrogen-bond donors (Lipinski definition) is 2. The summed E-state index contributed by atoms with van der Waals surface area (Å²) in [6.45, 7) is 0.376. The molecule has 0 amide bonds. The number of nitrogens with zero attached hydrogens (tertiary/aromatic N) is 3. The third-order valence-electron chi connectivity index (χ3n) is 2.71. The van der Waals surface area contributed by atoms with Crippen molar-refractivity contribution >= 4 is 26.7 Å². The van der Waals surface area contributed by atoms with Crippen LogP contribution in [0.25, 0.3) is 11.4 Å². The normalized spacial score (nSPS) is 12.1. The quantitative estimate of drug-likeness (QED) is 0.464. The Morgan fingerprint density at radius 3 is 2.58 bits per heavy atom. The minimum atomic E-state index is -4.67. The molecule has 1 heterocycles. The van der Waals surface area contributed by atoms with Gasteiger partial charge in [-0.25, -0.2) is 5.41 Å². The summed E-state index contributed by atoms with van der Waals surface area (Å²) in [5, 5.41) is 13.4. The highest BCUT2D eigenvalue weighted by Crippen LogP contribution is 2.29. The minimum Gasteiger partial charge on any atom is -0.467 e. The monoisotopic (exact) mass is 405 g/mol. The molecule has 0 unspecified atom stereocenters. The zero-order valence-electron chi connectivity index (χ0n) is 12.2. The molecule has 128 valence electrons. The Morgan fingerprint density at radius 2 is 2.04 bits per heavy atom. The van der Waals surface area contributed by atoms with Crippen LogP contribution < -0.4 is 5.32 Å². The lowest BCUT2D eigenvalue weighted by Gasteiger charge is -2.05. The molecule has 0 spiro atoms. The van der Waals surface area contributed by atoms with Crippen LogP contribution in [-0.2, 0) is 17.5 Å². The van der Waals surface area contributed by atoms with Gasteiger partial charge in [-0.3, -0.25) is 0 Å². The number of halogens is 4. The Balaban J connectivity index is 2.02. The number of amidine groups is 2. The maximum absolute atomic E-state index is 12.4. The number of aromatic nitrogens is 2. The molecule has 0 aliphatic rings. The van der Waals surface area contributed by atoms with E-state index in [4.69, 9.17) is 5.41 Å². The van der Waals surface area contributed by atoms with Crippen LogP contribution in [0.1, 0.15) is 11.5 Å². The van der Waals surface area contributed by atoms with Gasteiger partial charge in [0, 0.05) is 12.1 Å². The fraction of sp³-hybridized carbons (Fsp3) is 0.231. The topological polar surface area (TPSA) is 96.4 Å². The maximum Gasteiger partial charge on any atom is 0.471 e. The SMILES string of the molecule is COC(=N)/N=C(/Br)NCc1ccc(-c2noc(C(F)(F)F)n2)cc1. The molecule has 2 rings (SSSR count). The van der Waals surface area contributed by atoms with E-state index < -0.39 is 12.1 Å². The van der Waals surface area contributed by atoms with E-state index in [0.29, 0.717) is 16.9 Å². The summed E-state index contributed by atoms with van der Waals surface area (Å²) in [6, 6.07) is 6.26. The largest absolute Gasteiger partial charge is 0.471 e. The minimum absolute atomic E-state index is 0.141. The summed E-state index contributed by atoms with van der Waals surface area (Å²) in [5.41, 5.74) is 1.22. The van der Waals surface area contributed by atoms with E-state index in [1.165, 1.54) is 7.11 Å². The first kappa shape index (κ1) is 17.9. The zero-order chi connectivity index (χ0) is 17.7. The third kappa shape index (κ3) is 4.78. The number of nitrogens with one attached hydrogen (secondary N) is 2. The van der Waals surface area contributed by atoms with Gasteiger partial charge in [-0.2, -0.15) is 23.1 Å². The molecule has 0 fully saturated rings. The summed E-state index contributed by atoms with van der Waals surface area (Å²) in [5.74, 6) is -1.53. The standard InChI is InChI=1S/C13H11BrF3N5O2/c1-23-12(18)21-11(14)19-6-7-2-4-8(5-3-7)9-20-10(24-22-9)13(15,16)17/h2-5H,6H2,1H3,(H2,18,19,21). The predicted octanol–water partition coefficient (Wildman–Crippen LogP) is 3.18. The van der Waals surface area contributed by atoms with Crippen LogP contribution >= 0.6 is 15.9 Å². The highest BCUT2D eigenvalue weighted by molar-refractivity contribution is 9.18. The van der Waals surface area contributed by atoms with Crippen LogP contribution in [0.3, 0.4) is 0 Å². The van der Waals surface area contributed by atoms with Gasteiger partial charge in [-0.05, 0) is 21.5 Å². The number of aliphatic imine (C=N–C) groups is 1. The summed E-state index contributed by atoms with van der Waals surface area (Å²) in [4.78, 5) is 7.06. The molecule has 0 bridgehead atoms. The first-order valence-corrected chi connectivity index (χ1v) is 7.19. The molecular formula is C13H11BrF3N5O2. The van der Waals surface area contributed by atoms with E-state index in [1.54, 1.807) is 24.3 Å². The van der Waals surface area contributed by atoms with Gasteiger partial charge in [-0.15, -0.1) is 0 Å². The average molecular weight is 406 g/mol. The summed E-state index contributed by atoms with van der Waals surface area (Å²) in [6.07, 6.45) is -4.67. The summed E-state index contributed by atoms with van der Waals surface area (Å²) < 4.78 is 46.4. The second-order valence-corrected chi connectivity index (χ2v) is 5.13. The second kappa shape index (κ2) is 7.43. The Hall–Kier alpha value is -2.43. The summed E-state index contributed by atoms with van der Waals surface area (Å²) >= 11 is 3.13. The smallest absolute Gasteiger partial charge is 0.467 e. The van der Waals surface area contributed by atoms with E-state index in [-0.39, 0.29) is 11.8 Å². The van der Waals surface area contributed by atoms with Gasteiger partial charge in [0.2, 0.25) is 5.82 Å². The number of ether oxygens (including phenoxy) is 1. The van der Waals surface area contributed by atoms with Crippen molar-refractivity contribution in [2.24, 2.45) is 4.99 Å². The molecule has 0 saturated heterocycles. The van der Waals surface area contributed by atoms with Crippen LogP contribution in [0.15, 0.2) is 33.8 Å². The lowest BCUT2D eigenvalue weighted by atomic mass is 10.1. The first-order valence-electron chi connectivity index (χ1n) is 6.40. The first-order chi connectivity index (χ1) is 11.3. The lowest BCUT2D eigenvalue weighted by Crippen LogP contribution is -2.18. The zero-order valence-corrected chi connectivity index (χ0v) is 13.8. The van der Waals surface area contributed by atoms with Crippen molar-refractivity contribution in [3.63, 3.8) is 0 Å². The van der Waals surface area contributed by atoms with Crippen molar-refractivity contribution in [3.8, 4) is 11.4 Å². The fourth-order valence-corrected chi connectivity index (χ4v) is 1.88. The molecule has 2 aromatic rings. The van der Waals surface area contributed by atoms with Crippen LogP contribution in [0.2, 0.25) is 0 Å². The Labute approximate surface area is 142 Å². The van der Waals surface area contributed by atoms with Crippen LogP contribution in [0.4, 0.5) is 13.2 Å². The van der Waals surface area contributed by atoms with Gasteiger partial charge < -0.3 is 14.6 Å². The van der Waals surface area contributed by atoms with Crippen molar-refractivity contribution < 1.29 is 22.4 Å². The van der Waals surface area contributed by atoms with E-state index in [0.717, 1.165) is 5.56 Å². The number of methoxy groups -OCH3 is 1. The molecule has 0 aliphatic heterocycles. The highest BCUT2D eigenvalue weighted by atomic mass is 79.9. The van der Waals surface area contributed by atoms with E-state index in [9.17, 15) is 13.2 Å². The molecular weight excluding hydrogens is 395 g/mol. The van der Waals surface area contributed by atoms with Crippen molar-refractivity contribution in [1.29, 1.82) is 5.41 Å². The van der Waals surface area contributed by atoms with Gasteiger partial charge in [-0.1, -0.05) is 29.4 Å². The Kier molecular flexibility index (Phi) is 5.54. The van der Waals surface area contributed by atoms with Crippen LogP contribution in [0.5, 0.6) is 0 Å². The van der Waals surface area contributed by atoms with Gasteiger partial charge in [0.15, 0.2) is 4.74 Å². The van der Waals surface area contributed by atoms with Crippen molar-refractivity contribution in [3.05, 3.63) is 35.7 Å². The van der Waals surface area contributed by atoms with Crippen molar-refractivity contribution in [2.45, 2.75) is 12.7 Å². The van der Waals surface area contributed by atoms with Gasteiger partial charge in [0.1, 0.15) is 0 Å². The van der Waals surface area contributed by atoms with E-state index in [1.807, 2.05) is 0 Å².